The molecular formula is C17H20N2O. The summed E-state index contributed by atoms with van der Waals surface area (Å²) in [6.45, 7) is 4.45. The van der Waals surface area contributed by atoms with Crippen LogP contribution in [0.3, 0.4) is 0 Å². The van der Waals surface area contributed by atoms with Crippen molar-refractivity contribution in [2.75, 3.05) is 0 Å². The maximum atomic E-state index is 12.2. The Kier molecular flexibility index (Phi) is 4.53. The Hall–Kier alpha value is -2.13. The number of nitrogens with two attached hydrogens (primary N) is 1. The van der Waals surface area contributed by atoms with Crippen molar-refractivity contribution >= 4 is 5.91 Å². The van der Waals surface area contributed by atoms with E-state index in [1.54, 1.807) is 0 Å². The van der Waals surface area contributed by atoms with Gasteiger partial charge in [-0.3, -0.25) is 4.79 Å². The van der Waals surface area contributed by atoms with Crippen molar-refractivity contribution in [2.45, 2.75) is 26.4 Å². The zero-order valence-electron chi connectivity index (χ0n) is 11.9. The molecule has 3 heteroatoms. The van der Waals surface area contributed by atoms with Crippen LogP contribution in [0.1, 0.15) is 40.0 Å². The van der Waals surface area contributed by atoms with Gasteiger partial charge in [0.2, 0.25) is 0 Å². The maximum Gasteiger partial charge on any atom is 0.252 e. The highest BCUT2D eigenvalue weighted by atomic mass is 16.1. The lowest BCUT2D eigenvalue weighted by Crippen LogP contribution is -2.27. The minimum Gasteiger partial charge on any atom is -0.346 e. The van der Waals surface area contributed by atoms with Crippen molar-refractivity contribution in [3.05, 3.63) is 70.8 Å². The lowest BCUT2D eigenvalue weighted by molar-refractivity contribution is 0.0939. The average molecular weight is 268 g/mol. The summed E-state index contributed by atoms with van der Waals surface area (Å²) in [4.78, 5) is 12.2. The molecule has 0 aliphatic rings. The second-order valence-electron chi connectivity index (χ2n) is 4.96. The third-order valence-electron chi connectivity index (χ3n) is 3.45. The van der Waals surface area contributed by atoms with E-state index in [0.29, 0.717) is 6.54 Å². The molecular weight excluding hydrogens is 248 g/mol. The van der Waals surface area contributed by atoms with E-state index in [1.807, 2.05) is 62.4 Å². The standard InChI is InChI=1S/C17H20N2O/c1-12-5-3-4-6-16(12)17(20)19-13(2)15-9-7-14(11-18)8-10-15/h3-10,13H,11,18H2,1-2H3,(H,19,20). The smallest absolute Gasteiger partial charge is 0.252 e. The summed E-state index contributed by atoms with van der Waals surface area (Å²) in [7, 11) is 0. The van der Waals surface area contributed by atoms with Crippen molar-refractivity contribution in [3.8, 4) is 0 Å². The lowest BCUT2D eigenvalue weighted by Gasteiger charge is -2.15. The summed E-state index contributed by atoms with van der Waals surface area (Å²) in [6.07, 6.45) is 0. The third-order valence-corrected chi connectivity index (χ3v) is 3.45. The highest BCUT2D eigenvalue weighted by molar-refractivity contribution is 5.95. The molecule has 2 rings (SSSR count). The van der Waals surface area contributed by atoms with Crippen LogP contribution in [0.25, 0.3) is 0 Å². The molecule has 0 fully saturated rings. The second kappa shape index (κ2) is 6.35. The molecule has 1 atom stereocenters. The molecule has 0 bridgehead atoms. The van der Waals surface area contributed by atoms with Gasteiger partial charge in [-0.2, -0.15) is 0 Å². The minimum atomic E-state index is -0.0431. The fourth-order valence-corrected chi connectivity index (χ4v) is 2.13. The van der Waals surface area contributed by atoms with Crippen molar-refractivity contribution in [2.24, 2.45) is 5.73 Å². The molecule has 20 heavy (non-hydrogen) atoms. The molecule has 1 amide bonds. The Morgan fingerprint density at radius 1 is 1.15 bits per heavy atom. The van der Waals surface area contributed by atoms with E-state index in [9.17, 15) is 4.79 Å². The first-order valence-corrected chi connectivity index (χ1v) is 6.77. The Labute approximate surface area is 119 Å². The van der Waals surface area contributed by atoms with E-state index in [0.717, 1.165) is 22.3 Å². The van der Waals surface area contributed by atoms with Gasteiger partial charge in [-0.15, -0.1) is 0 Å². The van der Waals surface area contributed by atoms with Gasteiger partial charge in [-0.1, -0.05) is 42.5 Å². The lowest BCUT2D eigenvalue weighted by atomic mass is 10.0. The highest BCUT2D eigenvalue weighted by Crippen LogP contribution is 2.15. The van der Waals surface area contributed by atoms with Crippen LogP contribution in [-0.4, -0.2) is 5.91 Å². The number of carbonyl (C=O) groups is 1. The van der Waals surface area contributed by atoms with Crippen molar-refractivity contribution < 1.29 is 4.79 Å². The van der Waals surface area contributed by atoms with Gasteiger partial charge in [0.25, 0.3) is 5.91 Å². The molecule has 3 nitrogen and oxygen atoms in total. The maximum absolute atomic E-state index is 12.2. The van der Waals surface area contributed by atoms with Gasteiger partial charge in [0, 0.05) is 12.1 Å². The van der Waals surface area contributed by atoms with Gasteiger partial charge < -0.3 is 11.1 Å². The molecule has 0 radical (unpaired) electrons. The van der Waals surface area contributed by atoms with Crippen LogP contribution in [0.5, 0.6) is 0 Å². The van der Waals surface area contributed by atoms with E-state index < -0.39 is 0 Å². The van der Waals surface area contributed by atoms with E-state index in [-0.39, 0.29) is 11.9 Å². The van der Waals surface area contributed by atoms with Crippen LogP contribution >= 0.6 is 0 Å². The van der Waals surface area contributed by atoms with Gasteiger partial charge >= 0.3 is 0 Å². The fourth-order valence-electron chi connectivity index (χ4n) is 2.13. The molecule has 0 saturated carbocycles. The Morgan fingerprint density at radius 3 is 2.40 bits per heavy atom. The van der Waals surface area contributed by atoms with Gasteiger partial charge in [0.05, 0.1) is 6.04 Å². The van der Waals surface area contributed by atoms with Crippen molar-refractivity contribution in [1.82, 2.24) is 5.32 Å². The molecule has 0 aliphatic carbocycles. The van der Waals surface area contributed by atoms with Crippen LogP contribution in [0, 0.1) is 6.92 Å². The summed E-state index contributed by atoms with van der Waals surface area (Å²) in [5, 5.41) is 3.02. The summed E-state index contributed by atoms with van der Waals surface area (Å²) in [6, 6.07) is 15.6. The minimum absolute atomic E-state index is 0.0334. The number of aryl methyl sites for hydroxylation is 1. The fraction of sp³-hybridized carbons (Fsp3) is 0.235. The predicted molar refractivity (Wildman–Crippen MR) is 81.4 cm³/mol. The number of benzene rings is 2. The number of rotatable bonds is 4. The predicted octanol–water partition coefficient (Wildman–Crippen LogP) is 2.94. The first-order valence-electron chi connectivity index (χ1n) is 6.77. The molecule has 2 aromatic rings. The molecule has 0 heterocycles. The van der Waals surface area contributed by atoms with E-state index in [1.165, 1.54) is 0 Å². The normalized spacial score (nSPS) is 11.9. The van der Waals surface area contributed by atoms with Crippen LogP contribution in [0.4, 0.5) is 0 Å². The molecule has 3 N–H and O–H groups in total. The average Bonchev–Trinajstić information content (AvgIpc) is 2.47. The quantitative estimate of drug-likeness (QED) is 0.895. The van der Waals surface area contributed by atoms with Gasteiger partial charge in [-0.05, 0) is 36.6 Å². The zero-order chi connectivity index (χ0) is 14.5. The number of amides is 1. The largest absolute Gasteiger partial charge is 0.346 e. The molecule has 2 aromatic carbocycles. The van der Waals surface area contributed by atoms with Gasteiger partial charge in [-0.25, -0.2) is 0 Å². The molecule has 104 valence electrons. The Balaban J connectivity index is 2.09. The number of hydrogen-bond acceptors (Lipinski definition) is 2. The molecule has 0 saturated heterocycles. The first-order chi connectivity index (χ1) is 9.61. The van der Waals surface area contributed by atoms with Crippen molar-refractivity contribution in [1.29, 1.82) is 0 Å². The summed E-state index contributed by atoms with van der Waals surface area (Å²) < 4.78 is 0. The highest BCUT2D eigenvalue weighted by Gasteiger charge is 2.12. The van der Waals surface area contributed by atoms with Crippen LogP contribution < -0.4 is 11.1 Å². The monoisotopic (exact) mass is 268 g/mol. The van der Waals surface area contributed by atoms with E-state index >= 15 is 0 Å². The van der Waals surface area contributed by atoms with E-state index in [4.69, 9.17) is 5.73 Å². The number of hydrogen-bond donors (Lipinski definition) is 2. The Bertz CT molecular complexity index is 590. The van der Waals surface area contributed by atoms with E-state index in [2.05, 4.69) is 5.32 Å². The van der Waals surface area contributed by atoms with Crippen LogP contribution in [-0.2, 0) is 6.54 Å². The second-order valence-corrected chi connectivity index (χ2v) is 4.96. The molecule has 0 aliphatic heterocycles. The summed E-state index contributed by atoms with van der Waals surface area (Å²) >= 11 is 0. The third kappa shape index (κ3) is 3.25. The van der Waals surface area contributed by atoms with Gasteiger partial charge in [0.15, 0.2) is 0 Å². The van der Waals surface area contributed by atoms with Gasteiger partial charge in [0.1, 0.15) is 0 Å². The topological polar surface area (TPSA) is 55.1 Å². The number of nitrogens with one attached hydrogen (secondary N) is 1. The van der Waals surface area contributed by atoms with Crippen LogP contribution in [0.2, 0.25) is 0 Å². The molecule has 0 aromatic heterocycles. The SMILES string of the molecule is Cc1ccccc1C(=O)NC(C)c1ccc(CN)cc1. The van der Waals surface area contributed by atoms with Crippen molar-refractivity contribution in [3.63, 3.8) is 0 Å². The number of carbonyl (C=O) groups excluding carboxylic acids is 1. The first kappa shape index (κ1) is 14.3. The summed E-state index contributed by atoms with van der Waals surface area (Å²) in [5.74, 6) is -0.0431. The Morgan fingerprint density at radius 2 is 1.80 bits per heavy atom. The molecule has 1 unspecified atom stereocenters. The molecule has 0 spiro atoms. The van der Waals surface area contributed by atoms with Crippen LogP contribution in [0.15, 0.2) is 48.5 Å². The zero-order valence-corrected chi connectivity index (χ0v) is 11.9. The summed E-state index contributed by atoms with van der Waals surface area (Å²) in [5.41, 5.74) is 9.44.